The van der Waals surface area contributed by atoms with Crippen LogP contribution < -0.4 is 21.0 Å². The SMILES string of the molecule is CCC[P+](c1ccccc1)(c1ccccc1)c1ccccc1.[O-]c1ccccc1. The average Bonchev–Trinajstić information content (AvgIpc) is 2.80. The van der Waals surface area contributed by atoms with Gasteiger partial charge in [0.2, 0.25) is 0 Å². The summed E-state index contributed by atoms with van der Waals surface area (Å²) in [6.07, 6.45) is 2.40. The van der Waals surface area contributed by atoms with Gasteiger partial charge in [0, 0.05) is 0 Å². The summed E-state index contributed by atoms with van der Waals surface area (Å²) >= 11 is 0. The van der Waals surface area contributed by atoms with Gasteiger partial charge in [-0.05, 0) is 42.8 Å². The first kappa shape index (κ1) is 20.8. The highest BCUT2D eigenvalue weighted by Gasteiger charge is 2.43. The lowest BCUT2D eigenvalue weighted by atomic mass is 10.3. The van der Waals surface area contributed by atoms with Crippen molar-refractivity contribution in [3.05, 3.63) is 121 Å². The van der Waals surface area contributed by atoms with Crippen LogP contribution in [0.15, 0.2) is 121 Å². The van der Waals surface area contributed by atoms with Crippen molar-refractivity contribution in [2.75, 3.05) is 6.16 Å². The van der Waals surface area contributed by atoms with Gasteiger partial charge in [0.1, 0.15) is 23.2 Å². The third kappa shape index (κ3) is 5.13. The van der Waals surface area contributed by atoms with Crippen LogP contribution in [0, 0.1) is 0 Å². The van der Waals surface area contributed by atoms with Gasteiger partial charge in [0.25, 0.3) is 0 Å². The molecule has 0 amide bonds. The maximum Gasteiger partial charge on any atom is 0.112 e. The third-order valence-electron chi connectivity index (χ3n) is 4.89. The van der Waals surface area contributed by atoms with E-state index in [-0.39, 0.29) is 5.75 Å². The molecule has 0 radical (unpaired) electrons. The standard InChI is InChI=1S/C21H22P.C6H6O/c1-2-18-22(19-12-6-3-7-13-19,20-14-8-4-9-15-20)21-16-10-5-11-17-21;7-6-4-2-1-3-5-6/h3-17H,2,18H2,1H3;1-5,7H/q+1;/p-1. The fourth-order valence-corrected chi connectivity index (χ4v) is 8.02. The van der Waals surface area contributed by atoms with Gasteiger partial charge in [0.05, 0.1) is 6.16 Å². The fraction of sp³-hybridized carbons (Fsp3) is 0.111. The predicted molar refractivity (Wildman–Crippen MR) is 126 cm³/mol. The molecule has 0 fully saturated rings. The Morgan fingerprint density at radius 2 is 0.828 bits per heavy atom. The third-order valence-corrected chi connectivity index (χ3v) is 9.55. The van der Waals surface area contributed by atoms with Crippen molar-refractivity contribution in [2.24, 2.45) is 0 Å². The monoisotopic (exact) mass is 398 g/mol. The molecule has 0 saturated carbocycles. The molecule has 29 heavy (non-hydrogen) atoms. The first-order valence-electron chi connectivity index (χ1n) is 10.0. The Bertz CT molecular complexity index is 858. The van der Waals surface area contributed by atoms with E-state index < -0.39 is 7.26 Å². The number of rotatable bonds is 5. The van der Waals surface area contributed by atoms with E-state index in [4.69, 9.17) is 0 Å². The molecule has 4 aromatic carbocycles. The van der Waals surface area contributed by atoms with E-state index in [0.29, 0.717) is 0 Å². The van der Waals surface area contributed by atoms with Crippen LogP contribution in [0.25, 0.3) is 0 Å². The van der Waals surface area contributed by atoms with Crippen molar-refractivity contribution in [3.63, 3.8) is 0 Å². The average molecular weight is 398 g/mol. The molecule has 2 heteroatoms. The molecular weight excluding hydrogens is 371 g/mol. The zero-order valence-corrected chi connectivity index (χ0v) is 17.7. The van der Waals surface area contributed by atoms with Crippen LogP contribution in [0.4, 0.5) is 0 Å². The predicted octanol–water partition coefficient (Wildman–Crippen LogP) is 5.15. The quantitative estimate of drug-likeness (QED) is 0.426. The number of hydrogen-bond acceptors (Lipinski definition) is 1. The first-order chi connectivity index (χ1) is 14.3. The van der Waals surface area contributed by atoms with E-state index in [2.05, 4.69) is 97.9 Å². The molecule has 0 aromatic heterocycles. The van der Waals surface area contributed by atoms with Crippen molar-refractivity contribution >= 4 is 23.2 Å². The second-order valence-corrected chi connectivity index (χ2v) is 10.5. The summed E-state index contributed by atoms with van der Waals surface area (Å²) in [6, 6.07) is 41.5. The molecule has 0 N–H and O–H groups in total. The first-order valence-corrected chi connectivity index (χ1v) is 12.0. The van der Waals surface area contributed by atoms with Crippen LogP contribution in [-0.4, -0.2) is 6.16 Å². The van der Waals surface area contributed by atoms with Gasteiger partial charge in [0.15, 0.2) is 0 Å². The van der Waals surface area contributed by atoms with Crippen molar-refractivity contribution in [3.8, 4) is 5.75 Å². The lowest BCUT2D eigenvalue weighted by molar-refractivity contribution is -0.268. The molecule has 0 atom stereocenters. The molecule has 0 aliphatic rings. The zero-order valence-electron chi connectivity index (χ0n) is 16.8. The highest BCUT2D eigenvalue weighted by atomic mass is 31.2. The van der Waals surface area contributed by atoms with Gasteiger partial charge in [-0.1, -0.05) is 91.9 Å². The molecule has 0 saturated heterocycles. The van der Waals surface area contributed by atoms with Crippen LogP contribution in [0.3, 0.4) is 0 Å². The molecule has 0 heterocycles. The lowest BCUT2D eigenvalue weighted by Crippen LogP contribution is -2.33. The van der Waals surface area contributed by atoms with E-state index in [1.54, 1.807) is 12.1 Å². The normalized spacial score (nSPS) is 10.7. The van der Waals surface area contributed by atoms with E-state index in [9.17, 15) is 5.11 Å². The second-order valence-electron chi connectivity index (χ2n) is 6.85. The number of benzene rings is 4. The molecule has 146 valence electrons. The van der Waals surface area contributed by atoms with Gasteiger partial charge >= 0.3 is 0 Å². The maximum absolute atomic E-state index is 10.3. The lowest BCUT2D eigenvalue weighted by Gasteiger charge is -2.27. The summed E-state index contributed by atoms with van der Waals surface area (Å²) in [5, 5.41) is 14.7. The summed E-state index contributed by atoms with van der Waals surface area (Å²) in [5.41, 5.74) is 0. The van der Waals surface area contributed by atoms with E-state index in [0.717, 1.165) is 0 Å². The van der Waals surface area contributed by atoms with Crippen LogP contribution in [0.5, 0.6) is 5.75 Å². The Balaban J connectivity index is 0.000000290. The molecule has 1 nitrogen and oxygen atoms in total. The van der Waals surface area contributed by atoms with E-state index >= 15 is 0 Å². The molecular formula is C27H27OP. The second kappa shape index (κ2) is 10.6. The minimum atomic E-state index is -1.55. The summed E-state index contributed by atoms with van der Waals surface area (Å²) < 4.78 is 0. The Morgan fingerprint density at radius 1 is 0.517 bits per heavy atom. The Kier molecular flexibility index (Phi) is 7.61. The van der Waals surface area contributed by atoms with Crippen LogP contribution in [0.2, 0.25) is 0 Å². The largest absolute Gasteiger partial charge is 0.872 e. The molecule has 0 unspecified atom stereocenters. The smallest absolute Gasteiger partial charge is 0.112 e. The van der Waals surface area contributed by atoms with Gasteiger partial charge < -0.3 is 5.11 Å². The molecule has 0 aliphatic carbocycles. The Hall–Kier alpha value is -2.89. The summed E-state index contributed by atoms with van der Waals surface area (Å²) in [7, 11) is -1.55. The highest BCUT2D eigenvalue weighted by Crippen LogP contribution is 2.55. The molecule has 0 bridgehead atoms. The topological polar surface area (TPSA) is 23.1 Å². The van der Waals surface area contributed by atoms with E-state index in [1.807, 2.05) is 6.07 Å². The van der Waals surface area contributed by atoms with Crippen molar-refractivity contribution in [1.29, 1.82) is 0 Å². The van der Waals surface area contributed by atoms with Gasteiger partial charge in [-0.3, -0.25) is 0 Å². The van der Waals surface area contributed by atoms with Crippen LogP contribution in [-0.2, 0) is 0 Å². The number of hydrogen-bond donors (Lipinski definition) is 0. The summed E-state index contributed by atoms with van der Waals surface area (Å²) in [4.78, 5) is 0. The highest BCUT2D eigenvalue weighted by molar-refractivity contribution is 7.95. The Labute approximate surface area is 175 Å². The summed E-state index contributed by atoms with van der Waals surface area (Å²) in [6.45, 7) is 2.30. The van der Waals surface area contributed by atoms with Crippen molar-refractivity contribution in [1.82, 2.24) is 0 Å². The fourth-order valence-electron chi connectivity index (χ4n) is 3.64. The van der Waals surface area contributed by atoms with Gasteiger partial charge in [-0.15, -0.1) is 5.75 Å². The summed E-state index contributed by atoms with van der Waals surface area (Å²) in [5.74, 6) is 0.0718. The van der Waals surface area contributed by atoms with Crippen molar-refractivity contribution < 1.29 is 5.11 Å². The minimum absolute atomic E-state index is 0.0718. The van der Waals surface area contributed by atoms with E-state index in [1.165, 1.54) is 40.6 Å². The molecule has 0 spiro atoms. The van der Waals surface area contributed by atoms with Crippen molar-refractivity contribution in [2.45, 2.75) is 13.3 Å². The maximum atomic E-state index is 10.3. The number of para-hydroxylation sites is 1. The molecule has 4 rings (SSSR count). The Morgan fingerprint density at radius 3 is 1.07 bits per heavy atom. The zero-order chi connectivity index (χ0) is 20.4. The minimum Gasteiger partial charge on any atom is -0.872 e. The van der Waals surface area contributed by atoms with Crippen LogP contribution >= 0.6 is 7.26 Å². The van der Waals surface area contributed by atoms with Crippen LogP contribution in [0.1, 0.15) is 13.3 Å². The molecule has 0 aliphatic heterocycles. The van der Waals surface area contributed by atoms with Gasteiger partial charge in [-0.25, -0.2) is 0 Å². The van der Waals surface area contributed by atoms with Gasteiger partial charge in [-0.2, -0.15) is 0 Å². The molecule has 4 aromatic rings.